The Labute approximate surface area is 107 Å². The number of aliphatic imine (C=N–C) groups is 1. The molecule has 1 aromatic heterocycles. The van der Waals surface area contributed by atoms with Crippen LogP contribution in [0.2, 0.25) is 0 Å². The van der Waals surface area contributed by atoms with Crippen molar-refractivity contribution >= 4 is 5.96 Å². The molecule has 1 heterocycles. The zero-order valence-electron chi connectivity index (χ0n) is 10.5. The Bertz CT molecular complexity index is 422. The van der Waals surface area contributed by atoms with E-state index in [4.69, 9.17) is 5.26 Å². The molecule has 0 saturated heterocycles. The molecule has 2 rings (SSSR count). The van der Waals surface area contributed by atoms with Gasteiger partial charge in [0.25, 0.3) is 0 Å². The number of nitrogens with zero attached hydrogens (tertiary/aromatic N) is 3. The largest absolute Gasteiger partial charge is 0.353 e. The van der Waals surface area contributed by atoms with E-state index in [9.17, 15) is 0 Å². The first kappa shape index (κ1) is 12.4. The van der Waals surface area contributed by atoms with Crippen molar-refractivity contribution in [1.82, 2.24) is 20.6 Å². The van der Waals surface area contributed by atoms with Gasteiger partial charge in [-0.1, -0.05) is 0 Å². The van der Waals surface area contributed by atoms with Gasteiger partial charge in [-0.05, 0) is 25.7 Å². The van der Waals surface area contributed by atoms with E-state index >= 15 is 0 Å². The number of imidazole rings is 1. The third-order valence-corrected chi connectivity index (χ3v) is 3.43. The van der Waals surface area contributed by atoms with E-state index in [-0.39, 0.29) is 0 Å². The van der Waals surface area contributed by atoms with E-state index in [0.29, 0.717) is 17.9 Å². The second kappa shape index (κ2) is 6.05. The zero-order valence-corrected chi connectivity index (χ0v) is 10.5. The van der Waals surface area contributed by atoms with Gasteiger partial charge in [0.05, 0.1) is 6.33 Å². The van der Waals surface area contributed by atoms with Crippen LogP contribution in [-0.4, -0.2) is 29.0 Å². The van der Waals surface area contributed by atoms with Crippen molar-refractivity contribution in [2.24, 2.45) is 4.99 Å². The van der Waals surface area contributed by atoms with Gasteiger partial charge in [-0.25, -0.2) is 4.98 Å². The summed E-state index contributed by atoms with van der Waals surface area (Å²) >= 11 is 0. The number of nitriles is 1. The van der Waals surface area contributed by atoms with E-state index in [2.05, 4.69) is 25.6 Å². The number of hydrogen-bond acceptors (Lipinski definition) is 3. The molecular formula is C12H18N6. The number of aromatic nitrogens is 2. The van der Waals surface area contributed by atoms with Crippen molar-refractivity contribution in [1.29, 1.82) is 5.26 Å². The van der Waals surface area contributed by atoms with E-state index in [1.807, 2.05) is 12.4 Å². The third kappa shape index (κ3) is 3.00. The van der Waals surface area contributed by atoms with Crippen LogP contribution in [0.3, 0.4) is 0 Å². The number of nitrogens with one attached hydrogen (secondary N) is 3. The van der Waals surface area contributed by atoms with Gasteiger partial charge in [0, 0.05) is 30.9 Å². The summed E-state index contributed by atoms with van der Waals surface area (Å²) in [5, 5.41) is 14.4. The van der Waals surface area contributed by atoms with Crippen LogP contribution in [0.5, 0.6) is 0 Å². The molecule has 1 saturated carbocycles. The summed E-state index contributed by atoms with van der Waals surface area (Å²) in [6.07, 6.45) is 9.94. The Balaban J connectivity index is 1.82. The van der Waals surface area contributed by atoms with E-state index in [1.54, 1.807) is 13.4 Å². The lowest BCUT2D eigenvalue weighted by atomic mass is 9.84. The molecule has 3 N–H and O–H groups in total. The smallest absolute Gasteiger partial charge is 0.204 e. The highest BCUT2D eigenvalue weighted by Crippen LogP contribution is 2.31. The highest BCUT2D eigenvalue weighted by molar-refractivity contribution is 5.81. The number of guanidine groups is 1. The van der Waals surface area contributed by atoms with Gasteiger partial charge in [0.2, 0.25) is 5.96 Å². The highest BCUT2D eigenvalue weighted by atomic mass is 15.2. The van der Waals surface area contributed by atoms with Gasteiger partial charge in [-0.2, -0.15) is 5.26 Å². The fourth-order valence-electron chi connectivity index (χ4n) is 2.44. The minimum absolute atomic E-state index is 0.392. The molecule has 1 aliphatic carbocycles. The van der Waals surface area contributed by atoms with Gasteiger partial charge < -0.3 is 10.3 Å². The van der Waals surface area contributed by atoms with E-state index in [0.717, 1.165) is 25.7 Å². The van der Waals surface area contributed by atoms with Gasteiger partial charge in [-0.15, -0.1) is 0 Å². The summed E-state index contributed by atoms with van der Waals surface area (Å²) in [5.41, 5.74) is 1.23. The van der Waals surface area contributed by atoms with Crippen LogP contribution >= 0.6 is 0 Å². The molecule has 0 amide bonds. The quantitative estimate of drug-likeness (QED) is 0.315. The molecule has 0 spiro atoms. The Hall–Kier alpha value is -2.03. The first-order valence-electron chi connectivity index (χ1n) is 6.20. The number of aromatic amines is 1. The second-order valence-corrected chi connectivity index (χ2v) is 4.51. The Morgan fingerprint density at radius 3 is 2.83 bits per heavy atom. The lowest BCUT2D eigenvalue weighted by Gasteiger charge is -2.29. The van der Waals surface area contributed by atoms with Crippen molar-refractivity contribution in [2.75, 3.05) is 7.05 Å². The first-order valence-corrected chi connectivity index (χ1v) is 6.20. The molecule has 0 aromatic carbocycles. The molecule has 6 nitrogen and oxygen atoms in total. The fourth-order valence-corrected chi connectivity index (χ4v) is 2.44. The summed E-state index contributed by atoms with van der Waals surface area (Å²) in [6.45, 7) is 0. The minimum Gasteiger partial charge on any atom is -0.353 e. The van der Waals surface area contributed by atoms with Gasteiger partial charge in [0.15, 0.2) is 6.19 Å². The maximum atomic E-state index is 8.57. The van der Waals surface area contributed by atoms with Crippen molar-refractivity contribution in [3.8, 4) is 6.19 Å². The van der Waals surface area contributed by atoms with Crippen molar-refractivity contribution in [3.63, 3.8) is 0 Å². The summed E-state index contributed by atoms with van der Waals surface area (Å²) < 4.78 is 0. The van der Waals surface area contributed by atoms with Crippen LogP contribution in [0.15, 0.2) is 17.5 Å². The Kier molecular flexibility index (Phi) is 4.18. The standard InChI is InChI=1S/C12H18N6/c1-14-12(16-7-13)18-10-4-2-9(3-5-10)11-6-15-8-17-11/h6,8-10H,2-5H2,1H3,(H,15,17)(H2,14,16,18). The lowest BCUT2D eigenvalue weighted by Crippen LogP contribution is -2.43. The van der Waals surface area contributed by atoms with Crippen molar-refractivity contribution < 1.29 is 0 Å². The predicted octanol–water partition coefficient (Wildman–Crippen LogP) is 1.08. The lowest BCUT2D eigenvalue weighted by molar-refractivity contribution is 0.368. The highest BCUT2D eigenvalue weighted by Gasteiger charge is 2.23. The number of H-pyrrole nitrogens is 1. The van der Waals surface area contributed by atoms with Gasteiger partial charge in [0.1, 0.15) is 0 Å². The maximum absolute atomic E-state index is 8.57. The summed E-state index contributed by atoms with van der Waals surface area (Å²) in [5.74, 6) is 1.14. The average Bonchev–Trinajstić information content (AvgIpc) is 2.93. The molecule has 0 radical (unpaired) electrons. The molecule has 1 fully saturated rings. The molecular weight excluding hydrogens is 228 g/mol. The molecule has 0 bridgehead atoms. The number of rotatable bonds is 2. The van der Waals surface area contributed by atoms with Crippen LogP contribution in [-0.2, 0) is 0 Å². The van der Waals surface area contributed by atoms with Crippen LogP contribution in [0.1, 0.15) is 37.3 Å². The summed E-state index contributed by atoms with van der Waals surface area (Å²) in [7, 11) is 1.67. The Morgan fingerprint density at radius 2 is 2.28 bits per heavy atom. The average molecular weight is 246 g/mol. The monoisotopic (exact) mass is 246 g/mol. The molecule has 0 aliphatic heterocycles. The first-order chi connectivity index (χ1) is 8.83. The number of hydrogen-bond donors (Lipinski definition) is 3. The van der Waals surface area contributed by atoms with Crippen LogP contribution in [0, 0.1) is 11.5 Å². The molecule has 96 valence electrons. The van der Waals surface area contributed by atoms with Gasteiger partial charge >= 0.3 is 0 Å². The molecule has 18 heavy (non-hydrogen) atoms. The summed E-state index contributed by atoms with van der Waals surface area (Å²) in [4.78, 5) is 11.2. The minimum atomic E-state index is 0.392. The molecule has 1 aromatic rings. The second-order valence-electron chi connectivity index (χ2n) is 4.51. The van der Waals surface area contributed by atoms with Crippen LogP contribution in [0.25, 0.3) is 0 Å². The Morgan fingerprint density at radius 1 is 1.50 bits per heavy atom. The third-order valence-electron chi connectivity index (χ3n) is 3.43. The van der Waals surface area contributed by atoms with E-state index in [1.165, 1.54) is 5.69 Å². The van der Waals surface area contributed by atoms with Crippen LogP contribution < -0.4 is 10.6 Å². The predicted molar refractivity (Wildman–Crippen MR) is 68.8 cm³/mol. The summed E-state index contributed by atoms with van der Waals surface area (Å²) in [6, 6.07) is 0.392. The van der Waals surface area contributed by atoms with Crippen LogP contribution in [0.4, 0.5) is 0 Å². The SMILES string of the molecule is CN=C(NC#N)NC1CCC(c2cnc[nH]2)CC1. The fraction of sp³-hybridized carbons (Fsp3) is 0.583. The molecule has 0 unspecified atom stereocenters. The topological polar surface area (TPSA) is 88.9 Å². The zero-order chi connectivity index (χ0) is 12.8. The van der Waals surface area contributed by atoms with Crippen molar-refractivity contribution in [3.05, 3.63) is 18.2 Å². The van der Waals surface area contributed by atoms with Crippen molar-refractivity contribution in [2.45, 2.75) is 37.6 Å². The molecule has 1 aliphatic rings. The maximum Gasteiger partial charge on any atom is 0.204 e. The molecule has 6 heteroatoms. The molecule has 0 atom stereocenters. The normalized spacial score (nSPS) is 24.3. The van der Waals surface area contributed by atoms with E-state index < -0.39 is 0 Å². The van der Waals surface area contributed by atoms with Gasteiger partial charge in [-0.3, -0.25) is 10.3 Å².